The lowest BCUT2D eigenvalue weighted by Crippen LogP contribution is -2.29. The summed E-state index contributed by atoms with van der Waals surface area (Å²) in [4.78, 5) is 25.6. The molecule has 0 spiro atoms. The lowest BCUT2D eigenvalue weighted by molar-refractivity contribution is -0.385. The van der Waals surface area contributed by atoms with Gasteiger partial charge in [0.25, 0.3) is 5.69 Å². The molecule has 2 heterocycles. The van der Waals surface area contributed by atoms with Crippen LogP contribution in [0, 0.1) is 10.1 Å². The number of nitrogens with zero attached hydrogens (tertiary/aromatic N) is 3. The average molecular weight is 253 g/mol. The number of hydrogen-bond donors (Lipinski definition) is 1. The van der Waals surface area contributed by atoms with Crippen molar-refractivity contribution < 1.29 is 19.6 Å². The third kappa shape index (κ3) is 2.65. The van der Waals surface area contributed by atoms with Crippen molar-refractivity contribution in [1.82, 2.24) is 9.88 Å². The molecule has 1 aliphatic heterocycles. The Morgan fingerprint density at radius 1 is 1.61 bits per heavy atom. The van der Waals surface area contributed by atoms with E-state index in [-0.39, 0.29) is 24.2 Å². The van der Waals surface area contributed by atoms with Gasteiger partial charge in [-0.25, -0.2) is 9.78 Å². The van der Waals surface area contributed by atoms with Crippen molar-refractivity contribution in [2.75, 3.05) is 13.1 Å². The van der Waals surface area contributed by atoms with Gasteiger partial charge in [-0.15, -0.1) is 0 Å². The van der Waals surface area contributed by atoms with Gasteiger partial charge in [-0.1, -0.05) is 0 Å². The third-order valence-corrected chi connectivity index (χ3v) is 2.63. The van der Waals surface area contributed by atoms with Gasteiger partial charge in [0.2, 0.25) is 5.88 Å². The first-order chi connectivity index (χ1) is 8.56. The summed E-state index contributed by atoms with van der Waals surface area (Å²) in [6.07, 6.45) is 0.470. The van der Waals surface area contributed by atoms with Crippen molar-refractivity contribution in [3.63, 3.8) is 0 Å². The van der Waals surface area contributed by atoms with Gasteiger partial charge < -0.3 is 14.7 Å². The summed E-state index contributed by atoms with van der Waals surface area (Å²) in [5, 5.41) is 19.2. The summed E-state index contributed by atoms with van der Waals surface area (Å²) in [6, 6.07) is 2.70. The Labute approximate surface area is 102 Å². The zero-order chi connectivity index (χ0) is 13.1. The van der Waals surface area contributed by atoms with E-state index in [4.69, 9.17) is 9.84 Å². The number of amides is 1. The van der Waals surface area contributed by atoms with Crippen molar-refractivity contribution in [1.29, 1.82) is 0 Å². The van der Waals surface area contributed by atoms with Gasteiger partial charge >= 0.3 is 6.09 Å². The second-order valence-corrected chi connectivity index (χ2v) is 3.87. The Morgan fingerprint density at radius 3 is 2.89 bits per heavy atom. The Bertz CT molecular complexity index is 461. The predicted molar refractivity (Wildman–Crippen MR) is 59.5 cm³/mol. The van der Waals surface area contributed by atoms with Crippen molar-refractivity contribution >= 4 is 11.8 Å². The van der Waals surface area contributed by atoms with Crippen molar-refractivity contribution in [2.24, 2.45) is 0 Å². The van der Waals surface area contributed by atoms with E-state index in [0.29, 0.717) is 13.0 Å². The quantitative estimate of drug-likeness (QED) is 0.639. The molecule has 0 saturated carbocycles. The van der Waals surface area contributed by atoms with Crippen LogP contribution in [0.4, 0.5) is 10.5 Å². The Kier molecular flexibility index (Phi) is 3.26. The molecule has 1 amide bonds. The fourth-order valence-corrected chi connectivity index (χ4v) is 1.72. The van der Waals surface area contributed by atoms with Crippen LogP contribution in [0.2, 0.25) is 0 Å². The summed E-state index contributed by atoms with van der Waals surface area (Å²) in [5.41, 5.74) is -0.110. The van der Waals surface area contributed by atoms with Gasteiger partial charge in [-0.05, 0) is 0 Å². The lowest BCUT2D eigenvalue weighted by atomic mass is 10.3. The number of rotatable bonds is 3. The molecule has 1 aromatic heterocycles. The Balaban J connectivity index is 1.94. The second-order valence-electron chi connectivity index (χ2n) is 3.87. The highest BCUT2D eigenvalue weighted by molar-refractivity contribution is 5.65. The molecule has 0 aliphatic carbocycles. The number of hydrogen-bond acceptors (Lipinski definition) is 5. The van der Waals surface area contributed by atoms with Crippen LogP contribution >= 0.6 is 0 Å². The number of nitro groups is 1. The minimum absolute atomic E-state index is 0.110. The molecule has 96 valence electrons. The molecule has 1 atom stereocenters. The molecule has 1 fully saturated rings. The summed E-state index contributed by atoms with van der Waals surface area (Å²) < 4.78 is 5.45. The lowest BCUT2D eigenvalue weighted by Gasteiger charge is -2.13. The van der Waals surface area contributed by atoms with Gasteiger partial charge in [-0.3, -0.25) is 10.1 Å². The molecule has 0 unspecified atom stereocenters. The highest BCUT2D eigenvalue weighted by Crippen LogP contribution is 2.18. The molecule has 0 bridgehead atoms. The van der Waals surface area contributed by atoms with Gasteiger partial charge in [0.05, 0.1) is 11.5 Å². The van der Waals surface area contributed by atoms with E-state index in [1.54, 1.807) is 0 Å². The maximum absolute atomic E-state index is 10.7. The molecular weight excluding hydrogens is 242 g/mol. The van der Waals surface area contributed by atoms with E-state index in [2.05, 4.69) is 4.98 Å². The van der Waals surface area contributed by atoms with Crippen LogP contribution in [-0.2, 0) is 0 Å². The van der Waals surface area contributed by atoms with Crippen LogP contribution in [0.1, 0.15) is 6.42 Å². The summed E-state index contributed by atoms with van der Waals surface area (Å²) in [7, 11) is 0. The second kappa shape index (κ2) is 4.86. The molecule has 0 aromatic carbocycles. The molecule has 2 rings (SSSR count). The van der Waals surface area contributed by atoms with E-state index < -0.39 is 11.0 Å². The van der Waals surface area contributed by atoms with Crippen molar-refractivity contribution in [2.45, 2.75) is 12.5 Å². The molecule has 1 N–H and O–H groups in total. The molecule has 1 aliphatic rings. The number of carbonyl (C=O) groups is 1. The molecule has 8 heteroatoms. The highest BCUT2D eigenvalue weighted by atomic mass is 16.6. The smallest absolute Gasteiger partial charge is 0.407 e. The van der Waals surface area contributed by atoms with Crippen molar-refractivity contribution in [3.8, 4) is 5.88 Å². The van der Waals surface area contributed by atoms with Crippen LogP contribution in [0.25, 0.3) is 0 Å². The van der Waals surface area contributed by atoms with Gasteiger partial charge in [0.1, 0.15) is 12.3 Å². The van der Waals surface area contributed by atoms with E-state index in [9.17, 15) is 14.9 Å². The van der Waals surface area contributed by atoms with Gasteiger partial charge in [-0.2, -0.15) is 0 Å². The monoisotopic (exact) mass is 253 g/mol. The van der Waals surface area contributed by atoms with Crippen LogP contribution in [-0.4, -0.2) is 45.2 Å². The number of likely N-dealkylation sites (tertiary alicyclic amines) is 1. The summed E-state index contributed by atoms with van der Waals surface area (Å²) in [5.74, 6) is 0.262. The van der Waals surface area contributed by atoms with E-state index in [1.165, 1.54) is 17.0 Å². The average Bonchev–Trinajstić information content (AvgIpc) is 2.78. The molecular formula is C10H11N3O5. The molecule has 8 nitrogen and oxygen atoms in total. The first kappa shape index (κ1) is 12.1. The number of aromatic nitrogens is 1. The summed E-state index contributed by atoms with van der Waals surface area (Å²) in [6.45, 7) is 0.709. The topological polar surface area (TPSA) is 106 Å². The number of ether oxygens (including phenoxy) is 1. The van der Waals surface area contributed by atoms with Crippen LogP contribution in [0.15, 0.2) is 18.3 Å². The SMILES string of the molecule is O=C(O)N1CC[C@H](Oc2ccc([N+](=O)[O-])cn2)C1. The Hall–Kier alpha value is -2.38. The zero-order valence-electron chi connectivity index (χ0n) is 9.35. The fraction of sp³-hybridized carbons (Fsp3) is 0.400. The van der Waals surface area contributed by atoms with Crippen LogP contribution < -0.4 is 4.74 Å². The minimum Gasteiger partial charge on any atom is -0.472 e. The minimum atomic E-state index is -0.974. The maximum Gasteiger partial charge on any atom is 0.407 e. The standard InChI is InChI=1S/C10H11N3O5/c14-10(15)12-4-3-8(6-12)18-9-2-1-7(5-11-9)13(16)17/h1-2,5,8H,3-4,6H2,(H,14,15)/t8-/m0/s1. The zero-order valence-corrected chi connectivity index (χ0v) is 9.35. The van der Waals surface area contributed by atoms with Crippen LogP contribution in [0.5, 0.6) is 5.88 Å². The van der Waals surface area contributed by atoms with Gasteiger partial charge in [0, 0.05) is 25.1 Å². The number of carboxylic acid groups (broad SMARTS) is 1. The van der Waals surface area contributed by atoms with Crippen LogP contribution in [0.3, 0.4) is 0 Å². The molecule has 1 aromatic rings. The molecule has 1 saturated heterocycles. The third-order valence-electron chi connectivity index (χ3n) is 2.63. The molecule has 0 radical (unpaired) electrons. The predicted octanol–water partition coefficient (Wildman–Crippen LogP) is 1.12. The highest BCUT2D eigenvalue weighted by Gasteiger charge is 2.27. The Morgan fingerprint density at radius 2 is 2.39 bits per heavy atom. The largest absolute Gasteiger partial charge is 0.472 e. The number of pyridine rings is 1. The van der Waals surface area contributed by atoms with Gasteiger partial charge in [0.15, 0.2) is 0 Å². The maximum atomic E-state index is 10.7. The van der Waals surface area contributed by atoms with E-state index >= 15 is 0 Å². The molecule has 18 heavy (non-hydrogen) atoms. The normalized spacial score (nSPS) is 18.7. The van der Waals surface area contributed by atoms with Crippen molar-refractivity contribution in [3.05, 3.63) is 28.4 Å². The summed E-state index contributed by atoms with van der Waals surface area (Å²) >= 11 is 0. The van der Waals surface area contributed by atoms with E-state index in [0.717, 1.165) is 6.20 Å². The first-order valence-electron chi connectivity index (χ1n) is 5.31. The fourth-order valence-electron chi connectivity index (χ4n) is 1.72. The first-order valence-corrected chi connectivity index (χ1v) is 5.31. The van der Waals surface area contributed by atoms with E-state index in [1.807, 2.05) is 0 Å².